The van der Waals surface area contributed by atoms with Crippen molar-refractivity contribution in [1.82, 2.24) is 10.3 Å². The summed E-state index contributed by atoms with van der Waals surface area (Å²) < 4.78 is 17.1. The van der Waals surface area contributed by atoms with Crippen molar-refractivity contribution in [3.8, 4) is 23.3 Å². The summed E-state index contributed by atoms with van der Waals surface area (Å²) in [6, 6.07) is 24.1. The molecule has 0 aliphatic carbocycles. The lowest BCUT2D eigenvalue weighted by atomic mass is 10.1. The molecule has 33 heavy (non-hydrogen) atoms. The molecule has 0 fully saturated rings. The number of benzene rings is 3. The Labute approximate surface area is 194 Å². The summed E-state index contributed by atoms with van der Waals surface area (Å²) in [5, 5.41) is 3.31. The van der Waals surface area contributed by atoms with Crippen LogP contribution in [0.3, 0.4) is 0 Å². The molecule has 0 radical (unpaired) electrons. The molecular formula is C28H28N2O3. The van der Waals surface area contributed by atoms with Crippen molar-refractivity contribution >= 4 is 11.1 Å². The highest BCUT2D eigenvalue weighted by Crippen LogP contribution is 2.24. The molecule has 4 aromatic rings. The van der Waals surface area contributed by atoms with E-state index in [-0.39, 0.29) is 0 Å². The summed E-state index contributed by atoms with van der Waals surface area (Å²) in [7, 11) is 0. The molecule has 0 spiro atoms. The molecule has 0 saturated heterocycles. The number of hydrogen-bond acceptors (Lipinski definition) is 5. The number of fused-ring (bicyclic) bond motifs is 1. The topological polar surface area (TPSA) is 56.5 Å². The number of oxazole rings is 1. The summed E-state index contributed by atoms with van der Waals surface area (Å²) >= 11 is 0. The highest BCUT2D eigenvalue weighted by Gasteiger charge is 2.07. The van der Waals surface area contributed by atoms with Gasteiger partial charge in [0.05, 0.1) is 19.8 Å². The van der Waals surface area contributed by atoms with Crippen LogP contribution in [0, 0.1) is 18.8 Å². The Hall–Kier alpha value is -3.43. The predicted octanol–water partition coefficient (Wildman–Crippen LogP) is 4.98. The molecule has 1 heterocycles. The number of nitrogens with zero attached hydrogens (tertiary/aromatic N) is 1. The van der Waals surface area contributed by atoms with Crippen LogP contribution in [0.25, 0.3) is 22.6 Å². The summed E-state index contributed by atoms with van der Waals surface area (Å²) in [5.41, 5.74) is 5.99. The van der Waals surface area contributed by atoms with Crippen LogP contribution in [0.4, 0.5) is 0 Å². The molecule has 0 amide bonds. The molecule has 0 unspecified atom stereocenters. The maximum atomic E-state index is 5.82. The van der Waals surface area contributed by atoms with E-state index in [1.54, 1.807) is 0 Å². The normalized spacial score (nSPS) is 10.8. The van der Waals surface area contributed by atoms with Crippen molar-refractivity contribution in [3.63, 3.8) is 0 Å². The standard InChI is InChI=1S/C28H28N2O3/c1-22-8-10-23(11-9-22)5-4-18-31-19-16-29-17-20-32-21-24-12-14-25(15-13-24)28-30-26-6-2-3-7-27(26)33-28/h2-3,6-15,29H,16-21H2,1H3. The van der Waals surface area contributed by atoms with Gasteiger partial charge in [0.1, 0.15) is 12.1 Å². The number of hydrogen-bond donors (Lipinski definition) is 1. The average molecular weight is 441 g/mol. The number of para-hydroxylation sites is 2. The first-order chi connectivity index (χ1) is 16.3. The van der Waals surface area contributed by atoms with Crippen molar-refractivity contribution in [2.45, 2.75) is 13.5 Å². The predicted molar refractivity (Wildman–Crippen MR) is 131 cm³/mol. The highest BCUT2D eigenvalue weighted by molar-refractivity contribution is 5.75. The number of rotatable bonds is 10. The van der Waals surface area contributed by atoms with Crippen LogP contribution < -0.4 is 5.32 Å². The molecule has 0 saturated carbocycles. The molecule has 168 valence electrons. The van der Waals surface area contributed by atoms with Gasteiger partial charge in [0.15, 0.2) is 5.58 Å². The fourth-order valence-electron chi connectivity index (χ4n) is 3.24. The minimum atomic E-state index is 0.436. The average Bonchev–Trinajstić information content (AvgIpc) is 3.28. The number of nitrogens with one attached hydrogen (secondary N) is 1. The van der Waals surface area contributed by atoms with Crippen LogP contribution in [-0.4, -0.2) is 37.9 Å². The van der Waals surface area contributed by atoms with E-state index in [1.165, 1.54) is 5.56 Å². The second-order valence-corrected chi connectivity index (χ2v) is 7.71. The van der Waals surface area contributed by atoms with E-state index >= 15 is 0 Å². The first-order valence-corrected chi connectivity index (χ1v) is 11.1. The smallest absolute Gasteiger partial charge is 0.227 e. The Bertz CT molecular complexity index is 1170. The molecule has 1 aromatic heterocycles. The van der Waals surface area contributed by atoms with Gasteiger partial charge in [0, 0.05) is 24.2 Å². The highest BCUT2D eigenvalue weighted by atomic mass is 16.5. The molecule has 0 bridgehead atoms. The third-order valence-corrected chi connectivity index (χ3v) is 5.07. The van der Waals surface area contributed by atoms with Crippen molar-refractivity contribution in [2.75, 3.05) is 32.9 Å². The van der Waals surface area contributed by atoms with Crippen molar-refractivity contribution < 1.29 is 13.9 Å². The van der Waals surface area contributed by atoms with Crippen LogP contribution in [0.5, 0.6) is 0 Å². The zero-order valence-corrected chi connectivity index (χ0v) is 18.8. The van der Waals surface area contributed by atoms with Crippen LogP contribution >= 0.6 is 0 Å². The lowest BCUT2D eigenvalue weighted by molar-refractivity contribution is 0.118. The summed E-state index contributed by atoms with van der Waals surface area (Å²) in [6.45, 7) is 5.89. The van der Waals surface area contributed by atoms with Gasteiger partial charge in [-0.15, -0.1) is 0 Å². The summed E-state index contributed by atoms with van der Waals surface area (Å²) in [6.07, 6.45) is 0. The Kier molecular flexibility index (Phi) is 8.26. The summed E-state index contributed by atoms with van der Waals surface area (Å²) in [5.74, 6) is 6.77. The van der Waals surface area contributed by atoms with Crippen LogP contribution in [0.15, 0.2) is 77.2 Å². The molecule has 5 heteroatoms. The zero-order valence-electron chi connectivity index (χ0n) is 18.8. The van der Waals surface area contributed by atoms with E-state index in [2.05, 4.69) is 41.2 Å². The third kappa shape index (κ3) is 7.03. The van der Waals surface area contributed by atoms with Crippen LogP contribution in [0.2, 0.25) is 0 Å². The maximum Gasteiger partial charge on any atom is 0.227 e. The summed E-state index contributed by atoms with van der Waals surface area (Å²) in [4.78, 5) is 4.53. The lowest BCUT2D eigenvalue weighted by Gasteiger charge is -2.07. The van der Waals surface area contributed by atoms with E-state index in [0.29, 0.717) is 32.3 Å². The molecule has 0 aliphatic heterocycles. The van der Waals surface area contributed by atoms with Gasteiger partial charge in [0.25, 0.3) is 0 Å². The van der Waals surface area contributed by atoms with Gasteiger partial charge >= 0.3 is 0 Å². The van der Waals surface area contributed by atoms with Gasteiger partial charge in [-0.2, -0.15) is 0 Å². The second-order valence-electron chi connectivity index (χ2n) is 7.71. The first-order valence-electron chi connectivity index (χ1n) is 11.1. The molecule has 0 aliphatic rings. The minimum absolute atomic E-state index is 0.436. The zero-order chi connectivity index (χ0) is 22.7. The van der Waals surface area contributed by atoms with E-state index in [1.807, 2.05) is 60.7 Å². The Morgan fingerprint density at radius 1 is 0.879 bits per heavy atom. The van der Waals surface area contributed by atoms with Gasteiger partial charge in [-0.05, 0) is 48.9 Å². The van der Waals surface area contributed by atoms with Crippen molar-refractivity contribution in [3.05, 3.63) is 89.5 Å². The van der Waals surface area contributed by atoms with Crippen LogP contribution in [0.1, 0.15) is 16.7 Å². The Morgan fingerprint density at radius 3 is 2.42 bits per heavy atom. The molecule has 1 N–H and O–H groups in total. The Balaban J connectivity index is 1.06. The van der Waals surface area contributed by atoms with Gasteiger partial charge in [-0.25, -0.2) is 4.98 Å². The Morgan fingerprint density at radius 2 is 1.64 bits per heavy atom. The van der Waals surface area contributed by atoms with Gasteiger partial charge in [-0.3, -0.25) is 0 Å². The number of aryl methyl sites for hydroxylation is 1. The van der Waals surface area contributed by atoms with E-state index < -0.39 is 0 Å². The second kappa shape index (κ2) is 12.0. The quantitative estimate of drug-likeness (QED) is 0.278. The van der Waals surface area contributed by atoms with Crippen molar-refractivity contribution in [1.29, 1.82) is 0 Å². The molecular weight excluding hydrogens is 412 g/mol. The number of ether oxygens (including phenoxy) is 2. The molecule has 4 rings (SSSR count). The largest absolute Gasteiger partial charge is 0.436 e. The van der Waals surface area contributed by atoms with Gasteiger partial charge in [0.2, 0.25) is 5.89 Å². The van der Waals surface area contributed by atoms with E-state index in [9.17, 15) is 0 Å². The first kappa shape index (κ1) is 22.8. The fraction of sp³-hybridized carbons (Fsp3) is 0.250. The fourth-order valence-corrected chi connectivity index (χ4v) is 3.24. The monoisotopic (exact) mass is 440 g/mol. The minimum Gasteiger partial charge on any atom is -0.436 e. The SMILES string of the molecule is Cc1ccc(C#CCOCCNCCOCc2ccc(-c3nc4ccccc4o3)cc2)cc1. The van der Waals surface area contributed by atoms with E-state index in [0.717, 1.165) is 40.9 Å². The van der Waals surface area contributed by atoms with Gasteiger partial charge in [-0.1, -0.05) is 53.8 Å². The number of aromatic nitrogens is 1. The molecule has 5 nitrogen and oxygen atoms in total. The van der Waals surface area contributed by atoms with Crippen molar-refractivity contribution in [2.24, 2.45) is 0 Å². The maximum absolute atomic E-state index is 5.82. The van der Waals surface area contributed by atoms with Gasteiger partial charge < -0.3 is 19.2 Å². The molecule has 3 aromatic carbocycles. The van der Waals surface area contributed by atoms with E-state index in [4.69, 9.17) is 13.9 Å². The molecule has 0 atom stereocenters. The van der Waals surface area contributed by atoms with Crippen LogP contribution in [-0.2, 0) is 16.1 Å². The third-order valence-electron chi connectivity index (χ3n) is 5.07. The lowest BCUT2D eigenvalue weighted by Crippen LogP contribution is -2.24.